The number of nitrogens with zero attached hydrogens (tertiary/aromatic N) is 1. The second kappa shape index (κ2) is 7.00. The van der Waals surface area contributed by atoms with E-state index in [1.807, 2.05) is 11.9 Å². The predicted molar refractivity (Wildman–Crippen MR) is 71.6 cm³/mol. The zero-order valence-corrected chi connectivity index (χ0v) is 11.6. The van der Waals surface area contributed by atoms with Gasteiger partial charge < -0.3 is 10.6 Å². The first-order chi connectivity index (χ1) is 8.06. The quantitative estimate of drug-likeness (QED) is 0.750. The van der Waals surface area contributed by atoms with Crippen molar-refractivity contribution in [2.75, 3.05) is 13.6 Å². The monoisotopic (exact) mass is 240 g/mol. The predicted octanol–water partition coefficient (Wildman–Crippen LogP) is 2.40. The molecule has 0 bridgehead atoms. The largest absolute Gasteiger partial charge is 0.346 e. The van der Waals surface area contributed by atoms with Crippen LogP contribution < -0.4 is 5.73 Å². The summed E-state index contributed by atoms with van der Waals surface area (Å²) in [7, 11) is 1.94. The van der Waals surface area contributed by atoms with Crippen LogP contribution in [0.5, 0.6) is 0 Å². The van der Waals surface area contributed by atoms with E-state index in [0.717, 1.165) is 32.2 Å². The molecule has 3 unspecified atom stereocenters. The van der Waals surface area contributed by atoms with Crippen molar-refractivity contribution in [1.82, 2.24) is 4.90 Å². The van der Waals surface area contributed by atoms with E-state index in [2.05, 4.69) is 13.8 Å². The van der Waals surface area contributed by atoms with E-state index < -0.39 is 0 Å². The molecule has 1 aliphatic rings. The van der Waals surface area contributed by atoms with Gasteiger partial charge in [0.15, 0.2) is 0 Å². The third-order valence-electron chi connectivity index (χ3n) is 4.00. The normalized spacial score (nSPS) is 29.1. The first kappa shape index (κ1) is 14.5. The maximum absolute atomic E-state index is 12.3. The number of carbonyl (C=O) groups excluding carboxylic acids is 1. The van der Waals surface area contributed by atoms with E-state index in [9.17, 15) is 4.79 Å². The number of nitrogens with two attached hydrogens (primary N) is 1. The zero-order chi connectivity index (χ0) is 12.8. The van der Waals surface area contributed by atoms with Crippen LogP contribution in [0, 0.1) is 11.8 Å². The van der Waals surface area contributed by atoms with Crippen LogP contribution >= 0.6 is 0 Å². The lowest BCUT2D eigenvalue weighted by Gasteiger charge is -2.34. The van der Waals surface area contributed by atoms with E-state index in [4.69, 9.17) is 5.73 Å². The summed E-state index contributed by atoms with van der Waals surface area (Å²) in [4.78, 5) is 14.2. The van der Waals surface area contributed by atoms with Crippen molar-refractivity contribution in [3.8, 4) is 0 Å². The highest BCUT2D eigenvalue weighted by molar-refractivity contribution is 5.79. The Balaban J connectivity index is 2.40. The molecule has 1 aliphatic carbocycles. The van der Waals surface area contributed by atoms with Gasteiger partial charge in [0, 0.05) is 25.6 Å². The first-order valence-corrected chi connectivity index (χ1v) is 7.06. The smallest absolute Gasteiger partial charge is 0.225 e. The first-order valence-electron chi connectivity index (χ1n) is 7.06. The molecule has 0 heterocycles. The summed E-state index contributed by atoms with van der Waals surface area (Å²) < 4.78 is 0. The Hall–Kier alpha value is -0.570. The topological polar surface area (TPSA) is 46.3 Å². The van der Waals surface area contributed by atoms with Gasteiger partial charge in [0.2, 0.25) is 5.91 Å². The fourth-order valence-corrected chi connectivity index (χ4v) is 2.80. The highest BCUT2D eigenvalue weighted by Gasteiger charge is 2.32. The molecular weight excluding hydrogens is 212 g/mol. The van der Waals surface area contributed by atoms with Crippen molar-refractivity contribution in [2.24, 2.45) is 17.6 Å². The molecule has 3 atom stereocenters. The molecule has 1 fully saturated rings. The number of amides is 1. The lowest BCUT2D eigenvalue weighted by Crippen LogP contribution is -2.41. The van der Waals surface area contributed by atoms with Crippen molar-refractivity contribution in [2.45, 2.75) is 58.4 Å². The van der Waals surface area contributed by atoms with Crippen LogP contribution in [0.2, 0.25) is 0 Å². The van der Waals surface area contributed by atoms with Crippen molar-refractivity contribution in [1.29, 1.82) is 0 Å². The van der Waals surface area contributed by atoms with Gasteiger partial charge in [0.1, 0.15) is 0 Å². The molecule has 100 valence electrons. The van der Waals surface area contributed by atoms with Crippen molar-refractivity contribution < 1.29 is 4.79 Å². The molecule has 0 aromatic rings. The van der Waals surface area contributed by atoms with E-state index >= 15 is 0 Å². The van der Waals surface area contributed by atoms with Crippen LogP contribution in [0.1, 0.15) is 52.4 Å². The molecule has 1 saturated carbocycles. The van der Waals surface area contributed by atoms with Crippen LogP contribution in [0.15, 0.2) is 0 Å². The molecule has 0 aromatic carbocycles. The van der Waals surface area contributed by atoms with Crippen LogP contribution in [0.25, 0.3) is 0 Å². The van der Waals surface area contributed by atoms with E-state index in [1.54, 1.807) is 0 Å². The van der Waals surface area contributed by atoms with Crippen molar-refractivity contribution >= 4 is 5.91 Å². The molecule has 3 nitrogen and oxygen atoms in total. The average Bonchev–Trinajstić information content (AvgIpc) is 2.28. The molecule has 3 heteroatoms. The van der Waals surface area contributed by atoms with Gasteiger partial charge in [0.05, 0.1) is 0 Å². The van der Waals surface area contributed by atoms with Gasteiger partial charge in [-0.25, -0.2) is 0 Å². The maximum atomic E-state index is 12.3. The Morgan fingerprint density at radius 1 is 1.35 bits per heavy atom. The molecule has 0 saturated heterocycles. The second-order valence-corrected chi connectivity index (χ2v) is 5.62. The summed E-state index contributed by atoms with van der Waals surface area (Å²) in [6.07, 6.45) is 6.51. The van der Waals surface area contributed by atoms with Gasteiger partial charge in [-0.2, -0.15) is 0 Å². The third kappa shape index (κ3) is 4.30. The van der Waals surface area contributed by atoms with Crippen molar-refractivity contribution in [3.05, 3.63) is 0 Å². The van der Waals surface area contributed by atoms with Crippen LogP contribution in [0.3, 0.4) is 0 Å². The van der Waals surface area contributed by atoms with Crippen LogP contribution in [-0.4, -0.2) is 30.4 Å². The molecule has 0 aliphatic heterocycles. The summed E-state index contributed by atoms with van der Waals surface area (Å²) >= 11 is 0. The summed E-state index contributed by atoms with van der Waals surface area (Å²) in [5, 5.41) is 0. The SMILES string of the molecule is CCCCCN(C)C(=O)C1CCC(N)CC1C. The molecule has 1 rings (SSSR count). The standard InChI is InChI=1S/C14H28N2O/c1-4-5-6-9-16(3)14(17)13-8-7-12(15)10-11(13)2/h11-13H,4-10,15H2,1-3H3. The van der Waals surface area contributed by atoms with Gasteiger partial charge in [0.25, 0.3) is 0 Å². The molecule has 0 radical (unpaired) electrons. The molecule has 2 N–H and O–H groups in total. The lowest BCUT2D eigenvalue weighted by molar-refractivity contribution is -0.137. The van der Waals surface area contributed by atoms with Crippen LogP contribution in [0.4, 0.5) is 0 Å². The van der Waals surface area contributed by atoms with Gasteiger partial charge in [-0.05, 0) is 31.6 Å². The van der Waals surface area contributed by atoms with Gasteiger partial charge in [-0.1, -0.05) is 26.7 Å². The van der Waals surface area contributed by atoms with Gasteiger partial charge in [-0.15, -0.1) is 0 Å². The molecule has 0 spiro atoms. The molecular formula is C14H28N2O. The highest BCUT2D eigenvalue weighted by atomic mass is 16.2. The molecule has 0 aromatic heterocycles. The lowest BCUT2D eigenvalue weighted by atomic mass is 9.77. The molecule has 1 amide bonds. The summed E-state index contributed by atoms with van der Waals surface area (Å²) in [6.45, 7) is 5.26. The fraction of sp³-hybridized carbons (Fsp3) is 0.929. The minimum atomic E-state index is 0.210. The average molecular weight is 240 g/mol. The third-order valence-corrected chi connectivity index (χ3v) is 4.00. The maximum Gasteiger partial charge on any atom is 0.225 e. The van der Waals surface area contributed by atoms with Crippen LogP contribution in [-0.2, 0) is 4.79 Å². The summed E-state index contributed by atoms with van der Waals surface area (Å²) in [5.41, 5.74) is 5.94. The number of hydrogen-bond acceptors (Lipinski definition) is 2. The number of carbonyl (C=O) groups is 1. The second-order valence-electron chi connectivity index (χ2n) is 5.62. The Labute approximate surface area is 106 Å². The van der Waals surface area contributed by atoms with E-state index in [-0.39, 0.29) is 5.92 Å². The number of rotatable bonds is 5. The Morgan fingerprint density at radius 2 is 2.06 bits per heavy atom. The summed E-state index contributed by atoms with van der Waals surface area (Å²) in [5.74, 6) is 0.988. The fourth-order valence-electron chi connectivity index (χ4n) is 2.80. The summed E-state index contributed by atoms with van der Waals surface area (Å²) in [6, 6.07) is 0.305. The van der Waals surface area contributed by atoms with Gasteiger partial charge >= 0.3 is 0 Å². The van der Waals surface area contributed by atoms with Gasteiger partial charge in [-0.3, -0.25) is 4.79 Å². The Morgan fingerprint density at radius 3 is 2.65 bits per heavy atom. The minimum absolute atomic E-state index is 0.210. The minimum Gasteiger partial charge on any atom is -0.346 e. The highest BCUT2D eigenvalue weighted by Crippen LogP contribution is 2.30. The van der Waals surface area contributed by atoms with Crippen molar-refractivity contribution in [3.63, 3.8) is 0 Å². The zero-order valence-electron chi connectivity index (χ0n) is 11.6. The Kier molecular flexibility index (Phi) is 5.96. The number of unbranched alkanes of at least 4 members (excludes halogenated alkanes) is 2. The molecule has 17 heavy (non-hydrogen) atoms. The van der Waals surface area contributed by atoms with E-state index in [0.29, 0.717) is 17.9 Å². The Bertz CT molecular complexity index is 242. The number of hydrogen-bond donors (Lipinski definition) is 1. The van der Waals surface area contributed by atoms with E-state index in [1.165, 1.54) is 12.8 Å².